The van der Waals surface area contributed by atoms with E-state index in [1.54, 1.807) is 0 Å². The predicted octanol–water partition coefficient (Wildman–Crippen LogP) is 6.25. The van der Waals surface area contributed by atoms with Gasteiger partial charge in [0.25, 0.3) is 0 Å². The van der Waals surface area contributed by atoms with Crippen molar-refractivity contribution < 1.29 is 19.0 Å². The Balaban J connectivity index is 1.47. The minimum absolute atomic E-state index is 0.342. The molecule has 4 aromatic rings. The van der Waals surface area contributed by atoms with E-state index in [2.05, 4.69) is 5.10 Å². The maximum atomic E-state index is 13.3. The van der Waals surface area contributed by atoms with Crippen LogP contribution in [0.2, 0.25) is 0 Å². The molecule has 0 bridgehead atoms. The van der Waals surface area contributed by atoms with E-state index in [1.165, 1.54) is 11.3 Å². The lowest BCUT2D eigenvalue weighted by Crippen LogP contribution is -2.36. The summed E-state index contributed by atoms with van der Waals surface area (Å²) in [6.07, 6.45) is 0.136. The van der Waals surface area contributed by atoms with Crippen LogP contribution in [-0.2, 0) is 4.74 Å². The fourth-order valence-corrected chi connectivity index (χ4v) is 5.27. The number of thiophene rings is 1. The lowest BCUT2D eigenvalue weighted by molar-refractivity contribution is -0.0159. The van der Waals surface area contributed by atoms with Gasteiger partial charge in [-0.15, -0.1) is 11.3 Å². The molecule has 0 aliphatic carbocycles. The number of carbonyl (C=O) groups excluding carboxylic acids is 1. The number of nitrogens with zero attached hydrogens (tertiary/aromatic N) is 2. The summed E-state index contributed by atoms with van der Waals surface area (Å²) in [6, 6.07) is 17.5. The standard InChI is InChI=1S/C26H26N2O4S/c1-5-30-18-11-12-21-20(13-18)22(15-26(3,4)32-21)31-25(29)23-14-19-16(2)27-28(24(19)33-23)17-9-7-6-8-10-17/h6-14,22H,5,15H2,1-4H3/t22-/m1/s1. The molecule has 1 aliphatic heterocycles. The van der Waals surface area contributed by atoms with Gasteiger partial charge >= 0.3 is 5.97 Å². The van der Waals surface area contributed by atoms with Crippen molar-refractivity contribution in [1.29, 1.82) is 0 Å². The lowest BCUT2D eigenvalue weighted by Gasteiger charge is -2.37. The topological polar surface area (TPSA) is 62.6 Å². The quantitative estimate of drug-likeness (QED) is 0.328. The number of aryl methyl sites for hydroxylation is 1. The van der Waals surface area contributed by atoms with Crippen LogP contribution in [0.25, 0.3) is 15.9 Å². The Bertz CT molecular complexity index is 1320. The van der Waals surface area contributed by atoms with E-state index in [4.69, 9.17) is 14.2 Å². The largest absolute Gasteiger partial charge is 0.494 e. The van der Waals surface area contributed by atoms with Gasteiger partial charge in [-0.2, -0.15) is 5.10 Å². The molecule has 2 aromatic heterocycles. The van der Waals surface area contributed by atoms with Crippen molar-refractivity contribution in [2.24, 2.45) is 0 Å². The third kappa shape index (κ3) is 4.09. The SMILES string of the molecule is CCOc1ccc2c(c1)[C@H](OC(=O)c1cc3c(C)nn(-c4ccccc4)c3s1)CC(C)(C)O2. The molecule has 6 nitrogen and oxygen atoms in total. The second-order valence-corrected chi connectivity index (χ2v) is 9.79. The van der Waals surface area contributed by atoms with E-state index in [1.807, 2.05) is 87.0 Å². The van der Waals surface area contributed by atoms with Gasteiger partial charge in [0.15, 0.2) is 0 Å². The van der Waals surface area contributed by atoms with Crippen LogP contribution in [0.5, 0.6) is 11.5 Å². The van der Waals surface area contributed by atoms with E-state index in [0.717, 1.165) is 38.7 Å². The highest BCUT2D eigenvalue weighted by Gasteiger charge is 2.37. The van der Waals surface area contributed by atoms with Crippen molar-refractivity contribution >= 4 is 27.5 Å². The molecule has 1 aliphatic rings. The van der Waals surface area contributed by atoms with Crippen molar-refractivity contribution in [2.75, 3.05) is 6.61 Å². The summed E-state index contributed by atoms with van der Waals surface area (Å²) in [5, 5.41) is 5.62. The van der Waals surface area contributed by atoms with Crippen LogP contribution in [0.15, 0.2) is 54.6 Å². The van der Waals surface area contributed by atoms with Gasteiger partial charge in [-0.1, -0.05) is 18.2 Å². The molecule has 5 rings (SSSR count). The van der Waals surface area contributed by atoms with E-state index >= 15 is 0 Å². The number of benzene rings is 2. The summed E-state index contributed by atoms with van der Waals surface area (Å²) in [5.74, 6) is 1.12. The number of hydrogen-bond donors (Lipinski definition) is 0. The van der Waals surface area contributed by atoms with Crippen LogP contribution in [0.4, 0.5) is 0 Å². The van der Waals surface area contributed by atoms with Crippen LogP contribution in [-0.4, -0.2) is 28.0 Å². The molecule has 2 aromatic carbocycles. The Morgan fingerprint density at radius 3 is 2.76 bits per heavy atom. The number of carbonyl (C=O) groups is 1. The molecule has 0 fully saturated rings. The molecule has 0 spiro atoms. The van der Waals surface area contributed by atoms with Crippen LogP contribution < -0.4 is 9.47 Å². The third-order valence-corrected chi connectivity index (χ3v) is 6.79. The number of ether oxygens (including phenoxy) is 3. The fourth-order valence-electron chi connectivity index (χ4n) is 4.21. The highest BCUT2D eigenvalue weighted by molar-refractivity contribution is 7.20. The molecule has 33 heavy (non-hydrogen) atoms. The first-order valence-electron chi connectivity index (χ1n) is 11.1. The van der Waals surface area contributed by atoms with Crippen molar-refractivity contribution in [3.05, 3.63) is 70.7 Å². The Morgan fingerprint density at radius 2 is 2.00 bits per heavy atom. The highest BCUT2D eigenvalue weighted by atomic mass is 32.1. The number of fused-ring (bicyclic) bond motifs is 2. The number of aromatic nitrogens is 2. The molecule has 0 saturated heterocycles. The van der Waals surface area contributed by atoms with Crippen molar-refractivity contribution in [1.82, 2.24) is 9.78 Å². The van der Waals surface area contributed by atoms with Crippen molar-refractivity contribution in [3.63, 3.8) is 0 Å². The Morgan fingerprint density at radius 1 is 1.21 bits per heavy atom. The first-order valence-corrected chi connectivity index (χ1v) is 11.9. The van der Waals surface area contributed by atoms with Crippen LogP contribution >= 0.6 is 11.3 Å². The third-order valence-electron chi connectivity index (χ3n) is 5.70. The summed E-state index contributed by atoms with van der Waals surface area (Å²) in [4.78, 5) is 14.7. The molecule has 3 heterocycles. The minimum atomic E-state index is -0.449. The summed E-state index contributed by atoms with van der Waals surface area (Å²) < 4.78 is 19.7. The second-order valence-electron chi connectivity index (χ2n) is 8.75. The molecule has 0 amide bonds. The lowest BCUT2D eigenvalue weighted by atomic mass is 9.91. The zero-order valence-electron chi connectivity index (χ0n) is 19.1. The summed E-state index contributed by atoms with van der Waals surface area (Å²) >= 11 is 1.40. The van der Waals surface area contributed by atoms with Gasteiger partial charge in [0.05, 0.1) is 18.0 Å². The van der Waals surface area contributed by atoms with E-state index < -0.39 is 11.7 Å². The zero-order valence-corrected chi connectivity index (χ0v) is 19.9. The van der Waals surface area contributed by atoms with Gasteiger partial charge in [0.2, 0.25) is 0 Å². The molecule has 0 radical (unpaired) electrons. The Labute approximate surface area is 196 Å². The number of rotatable bonds is 5. The highest BCUT2D eigenvalue weighted by Crippen LogP contribution is 2.43. The normalized spacial score (nSPS) is 16.8. The van der Waals surface area contributed by atoms with Crippen LogP contribution in [0.3, 0.4) is 0 Å². The maximum absolute atomic E-state index is 13.3. The fraction of sp³-hybridized carbons (Fsp3) is 0.308. The van der Waals surface area contributed by atoms with E-state index in [-0.39, 0.29) is 5.97 Å². The molecular formula is C26H26N2O4S. The van der Waals surface area contributed by atoms with Gasteiger partial charge in [-0.3, -0.25) is 0 Å². The molecule has 0 saturated carbocycles. The average molecular weight is 463 g/mol. The smallest absolute Gasteiger partial charge is 0.349 e. The van der Waals surface area contributed by atoms with Crippen LogP contribution in [0, 0.1) is 6.92 Å². The average Bonchev–Trinajstić information content (AvgIpc) is 3.35. The molecule has 0 N–H and O–H groups in total. The molecular weight excluding hydrogens is 436 g/mol. The summed E-state index contributed by atoms with van der Waals surface area (Å²) in [5.41, 5.74) is 2.22. The minimum Gasteiger partial charge on any atom is -0.494 e. The number of esters is 1. The van der Waals surface area contributed by atoms with E-state index in [0.29, 0.717) is 17.9 Å². The summed E-state index contributed by atoms with van der Waals surface area (Å²) in [6.45, 7) is 8.47. The molecule has 1 atom stereocenters. The first-order chi connectivity index (χ1) is 15.8. The van der Waals surface area contributed by atoms with Crippen LogP contribution in [0.1, 0.15) is 54.2 Å². The summed E-state index contributed by atoms with van der Waals surface area (Å²) in [7, 11) is 0. The predicted molar refractivity (Wildman–Crippen MR) is 129 cm³/mol. The Hall–Kier alpha value is -3.32. The number of hydrogen-bond acceptors (Lipinski definition) is 6. The van der Waals surface area contributed by atoms with Crippen molar-refractivity contribution in [2.45, 2.75) is 45.8 Å². The maximum Gasteiger partial charge on any atom is 0.349 e. The Kier molecular flexibility index (Phi) is 5.37. The first kappa shape index (κ1) is 21.5. The molecule has 7 heteroatoms. The van der Waals surface area contributed by atoms with Crippen molar-refractivity contribution in [3.8, 4) is 17.2 Å². The zero-order chi connectivity index (χ0) is 23.2. The van der Waals surface area contributed by atoms with Gasteiger partial charge in [-0.25, -0.2) is 9.48 Å². The molecule has 170 valence electrons. The monoisotopic (exact) mass is 462 g/mol. The van der Waals surface area contributed by atoms with Gasteiger partial charge < -0.3 is 14.2 Å². The number of para-hydroxylation sites is 1. The van der Waals surface area contributed by atoms with Gasteiger partial charge in [0.1, 0.15) is 32.9 Å². The van der Waals surface area contributed by atoms with E-state index in [9.17, 15) is 4.79 Å². The molecule has 0 unspecified atom stereocenters. The van der Waals surface area contributed by atoms with Gasteiger partial charge in [-0.05, 0) is 64.1 Å². The second kappa shape index (κ2) is 8.23. The van der Waals surface area contributed by atoms with Gasteiger partial charge in [0, 0.05) is 17.4 Å².